The summed E-state index contributed by atoms with van der Waals surface area (Å²) in [6.45, 7) is 2.15. The molecule has 0 unspecified atom stereocenters. The van der Waals surface area contributed by atoms with Crippen LogP contribution in [0, 0.1) is 0 Å². The lowest BCUT2D eigenvalue weighted by Gasteiger charge is -2.06. The van der Waals surface area contributed by atoms with Crippen molar-refractivity contribution in [3.05, 3.63) is 34.6 Å². The Bertz CT molecular complexity index is 739. The van der Waals surface area contributed by atoms with Gasteiger partial charge in [-0.1, -0.05) is 17.3 Å². The van der Waals surface area contributed by atoms with Crippen LogP contribution in [0.1, 0.15) is 26.2 Å². The Morgan fingerprint density at radius 2 is 2.00 bits per heavy atom. The number of hydrogen-bond acceptors (Lipinski definition) is 5. The minimum absolute atomic E-state index is 0.104. The van der Waals surface area contributed by atoms with Crippen molar-refractivity contribution in [1.29, 1.82) is 0 Å². The molecule has 1 amide bonds. The molecule has 0 saturated carbocycles. The smallest absolute Gasteiger partial charge is 0.277 e. The molecule has 0 aliphatic rings. The third-order valence-electron chi connectivity index (χ3n) is 3.21. The van der Waals surface area contributed by atoms with Crippen molar-refractivity contribution >= 4 is 22.6 Å². The van der Waals surface area contributed by atoms with Gasteiger partial charge in [-0.05, 0) is 25.5 Å². The first-order chi connectivity index (χ1) is 10.6. The molecule has 1 N–H and O–H groups in total. The quantitative estimate of drug-likeness (QED) is 0.759. The summed E-state index contributed by atoms with van der Waals surface area (Å²) in [4.78, 5) is 34.6. The maximum absolute atomic E-state index is 12.2. The van der Waals surface area contributed by atoms with Crippen LogP contribution in [0.15, 0.2) is 29.1 Å². The van der Waals surface area contributed by atoms with Gasteiger partial charge in [0.1, 0.15) is 11.3 Å². The first-order valence-electron chi connectivity index (χ1n) is 7.16. The second-order valence-electron chi connectivity index (χ2n) is 5.04. The number of nitrogens with one attached hydrogen (secondary N) is 1. The number of aryl methyl sites for hydroxylation is 1. The molecule has 0 radical (unpaired) electrons. The molecule has 0 spiro atoms. The average Bonchev–Trinajstić information content (AvgIpc) is 2.51. The average molecular weight is 302 g/mol. The molecule has 116 valence electrons. The number of ketones is 1. The Kier molecular flexibility index (Phi) is 5.35. The zero-order chi connectivity index (χ0) is 15.9. The van der Waals surface area contributed by atoms with E-state index in [0.717, 1.165) is 0 Å². The van der Waals surface area contributed by atoms with Gasteiger partial charge in [-0.2, -0.15) is 0 Å². The van der Waals surface area contributed by atoms with E-state index in [4.69, 9.17) is 0 Å². The number of rotatable bonds is 7. The SMILES string of the molecule is CC(=O)CCCNC(=O)CCn1nnc2ccccc2c1=O. The van der Waals surface area contributed by atoms with Gasteiger partial charge in [-0.25, -0.2) is 4.68 Å². The molecule has 0 aliphatic heterocycles. The summed E-state index contributed by atoms with van der Waals surface area (Å²) in [5, 5.41) is 11.0. The van der Waals surface area contributed by atoms with Crippen LogP contribution in [0.2, 0.25) is 0 Å². The third kappa shape index (κ3) is 4.21. The van der Waals surface area contributed by atoms with E-state index in [-0.39, 0.29) is 30.2 Å². The van der Waals surface area contributed by atoms with Gasteiger partial charge in [-0.15, -0.1) is 5.10 Å². The Balaban J connectivity index is 1.89. The van der Waals surface area contributed by atoms with Crippen LogP contribution in [0.5, 0.6) is 0 Å². The molecule has 7 nitrogen and oxygen atoms in total. The van der Waals surface area contributed by atoms with Gasteiger partial charge < -0.3 is 10.1 Å². The van der Waals surface area contributed by atoms with Crippen molar-refractivity contribution in [1.82, 2.24) is 20.3 Å². The molecular formula is C15H18N4O3. The van der Waals surface area contributed by atoms with Crippen LogP contribution in [0.4, 0.5) is 0 Å². The monoisotopic (exact) mass is 302 g/mol. The maximum atomic E-state index is 12.2. The molecule has 0 bridgehead atoms. The molecule has 0 aliphatic carbocycles. The summed E-state index contributed by atoms with van der Waals surface area (Å²) in [5.41, 5.74) is 0.285. The van der Waals surface area contributed by atoms with E-state index in [0.29, 0.717) is 30.3 Å². The lowest BCUT2D eigenvalue weighted by atomic mass is 10.2. The second kappa shape index (κ2) is 7.44. The highest BCUT2D eigenvalue weighted by molar-refractivity contribution is 5.77. The Morgan fingerprint density at radius 3 is 2.77 bits per heavy atom. The number of carbonyl (C=O) groups excluding carboxylic acids is 2. The van der Waals surface area contributed by atoms with E-state index in [9.17, 15) is 14.4 Å². The number of Topliss-reactive ketones (excluding diaryl/α,β-unsaturated/α-hetero) is 1. The van der Waals surface area contributed by atoms with Crippen molar-refractivity contribution in [2.45, 2.75) is 32.7 Å². The standard InChI is InChI=1S/C15H18N4O3/c1-11(20)5-4-9-16-14(21)8-10-19-15(22)12-6-2-3-7-13(12)17-18-19/h2-3,6-7H,4-5,8-10H2,1H3,(H,16,21). The number of aromatic nitrogens is 3. The van der Waals surface area contributed by atoms with Crippen LogP contribution in [0.25, 0.3) is 10.9 Å². The van der Waals surface area contributed by atoms with Crippen LogP contribution >= 0.6 is 0 Å². The molecule has 2 aromatic rings. The summed E-state index contributed by atoms with van der Waals surface area (Å²) >= 11 is 0. The van der Waals surface area contributed by atoms with E-state index in [1.54, 1.807) is 24.3 Å². The molecule has 1 aromatic carbocycles. The molecule has 22 heavy (non-hydrogen) atoms. The summed E-state index contributed by atoms with van der Waals surface area (Å²) < 4.78 is 1.19. The predicted molar refractivity (Wildman–Crippen MR) is 81.3 cm³/mol. The largest absolute Gasteiger partial charge is 0.356 e. The zero-order valence-electron chi connectivity index (χ0n) is 12.4. The predicted octanol–water partition coefficient (Wildman–Crippen LogP) is 0.667. The molecule has 0 fully saturated rings. The van der Waals surface area contributed by atoms with Crippen LogP contribution in [-0.2, 0) is 16.1 Å². The Labute approximate surface area is 127 Å². The normalized spacial score (nSPS) is 10.6. The molecule has 2 rings (SSSR count). The van der Waals surface area contributed by atoms with E-state index in [2.05, 4.69) is 15.6 Å². The number of nitrogens with zero attached hydrogens (tertiary/aromatic N) is 3. The molecule has 7 heteroatoms. The molecule has 1 aromatic heterocycles. The van der Waals surface area contributed by atoms with Gasteiger partial charge in [-0.3, -0.25) is 9.59 Å². The van der Waals surface area contributed by atoms with Gasteiger partial charge >= 0.3 is 0 Å². The minimum Gasteiger partial charge on any atom is -0.356 e. The highest BCUT2D eigenvalue weighted by atomic mass is 16.2. The molecule has 1 heterocycles. The summed E-state index contributed by atoms with van der Waals surface area (Å²) in [5.74, 6) is -0.0716. The van der Waals surface area contributed by atoms with E-state index >= 15 is 0 Å². The fraction of sp³-hybridized carbons (Fsp3) is 0.400. The van der Waals surface area contributed by atoms with Crippen LogP contribution in [0.3, 0.4) is 0 Å². The molecule has 0 atom stereocenters. The van der Waals surface area contributed by atoms with E-state index < -0.39 is 0 Å². The number of benzene rings is 1. The van der Waals surface area contributed by atoms with Crippen molar-refractivity contribution < 1.29 is 9.59 Å². The van der Waals surface area contributed by atoms with E-state index in [1.807, 2.05) is 0 Å². The molecule has 0 saturated heterocycles. The topological polar surface area (TPSA) is 93.9 Å². The molecular weight excluding hydrogens is 284 g/mol. The Morgan fingerprint density at radius 1 is 1.23 bits per heavy atom. The van der Waals surface area contributed by atoms with Crippen molar-refractivity contribution in [3.63, 3.8) is 0 Å². The zero-order valence-corrected chi connectivity index (χ0v) is 12.4. The number of amides is 1. The van der Waals surface area contributed by atoms with Crippen LogP contribution in [-0.4, -0.2) is 33.2 Å². The van der Waals surface area contributed by atoms with Gasteiger partial charge in [0.05, 0.1) is 11.9 Å². The number of carbonyl (C=O) groups is 2. The highest BCUT2D eigenvalue weighted by Crippen LogP contribution is 2.03. The maximum Gasteiger partial charge on any atom is 0.277 e. The summed E-state index contributed by atoms with van der Waals surface area (Å²) in [7, 11) is 0. The van der Waals surface area contributed by atoms with Gasteiger partial charge in [0.25, 0.3) is 5.56 Å². The fourth-order valence-corrected chi connectivity index (χ4v) is 2.03. The van der Waals surface area contributed by atoms with Crippen molar-refractivity contribution in [3.8, 4) is 0 Å². The van der Waals surface area contributed by atoms with Crippen molar-refractivity contribution in [2.75, 3.05) is 6.54 Å². The summed E-state index contributed by atoms with van der Waals surface area (Å²) in [6, 6.07) is 6.95. The van der Waals surface area contributed by atoms with E-state index in [1.165, 1.54) is 11.6 Å². The number of fused-ring (bicyclic) bond motifs is 1. The van der Waals surface area contributed by atoms with Gasteiger partial charge in [0, 0.05) is 19.4 Å². The summed E-state index contributed by atoms with van der Waals surface area (Å²) in [6.07, 6.45) is 1.22. The highest BCUT2D eigenvalue weighted by Gasteiger charge is 2.07. The van der Waals surface area contributed by atoms with Crippen LogP contribution < -0.4 is 10.9 Å². The van der Waals surface area contributed by atoms with Crippen molar-refractivity contribution in [2.24, 2.45) is 0 Å². The Hall–Kier alpha value is -2.57. The lowest BCUT2D eigenvalue weighted by molar-refractivity contribution is -0.122. The lowest BCUT2D eigenvalue weighted by Crippen LogP contribution is -2.29. The van der Waals surface area contributed by atoms with Gasteiger partial charge in [0.15, 0.2) is 0 Å². The fourth-order valence-electron chi connectivity index (χ4n) is 2.03. The number of hydrogen-bond donors (Lipinski definition) is 1. The first kappa shape index (κ1) is 15.8. The van der Waals surface area contributed by atoms with Gasteiger partial charge in [0.2, 0.25) is 5.91 Å². The second-order valence-corrected chi connectivity index (χ2v) is 5.04. The minimum atomic E-state index is -0.255. The first-order valence-corrected chi connectivity index (χ1v) is 7.16. The third-order valence-corrected chi connectivity index (χ3v) is 3.21.